The van der Waals surface area contributed by atoms with E-state index >= 15 is 0 Å². The normalized spacial score (nSPS) is 17.0. The maximum atomic E-state index is 12.1. The van der Waals surface area contributed by atoms with Crippen LogP contribution >= 0.6 is 0 Å². The fraction of sp³-hybridized carbons (Fsp3) is 0.462. The van der Waals surface area contributed by atoms with E-state index in [1.807, 2.05) is 6.92 Å². The van der Waals surface area contributed by atoms with Gasteiger partial charge in [0, 0.05) is 26.2 Å². The van der Waals surface area contributed by atoms with Gasteiger partial charge in [-0.2, -0.15) is 0 Å². The number of piperazine rings is 1. The Morgan fingerprint density at radius 2 is 2.12 bits per heavy atom. The van der Waals surface area contributed by atoms with Gasteiger partial charge in [-0.3, -0.25) is 9.69 Å². The van der Waals surface area contributed by atoms with Crippen molar-refractivity contribution in [3.63, 3.8) is 0 Å². The Labute approximate surface area is 101 Å². The van der Waals surface area contributed by atoms with Crippen molar-refractivity contribution < 1.29 is 9.90 Å². The van der Waals surface area contributed by atoms with Gasteiger partial charge in [0.1, 0.15) is 5.75 Å². The number of rotatable bonds is 3. The van der Waals surface area contributed by atoms with Gasteiger partial charge in [-0.25, -0.2) is 0 Å². The van der Waals surface area contributed by atoms with Gasteiger partial charge in [-0.05, 0) is 19.1 Å². The first kappa shape index (κ1) is 12.1. The highest BCUT2D eigenvalue weighted by molar-refractivity contribution is 6.00. The van der Waals surface area contributed by atoms with Crippen LogP contribution in [0.15, 0.2) is 18.2 Å². The number of ketones is 1. The number of aromatic hydroxyl groups is 1. The second-order valence-electron chi connectivity index (χ2n) is 4.47. The van der Waals surface area contributed by atoms with Crippen LogP contribution in [0.3, 0.4) is 0 Å². The van der Waals surface area contributed by atoms with E-state index in [0.29, 0.717) is 12.1 Å². The van der Waals surface area contributed by atoms with E-state index in [1.165, 1.54) is 0 Å². The van der Waals surface area contributed by atoms with E-state index in [0.717, 1.165) is 31.7 Å². The molecule has 0 bridgehead atoms. The molecule has 4 heteroatoms. The Balaban J connectivity index is 2.05. The number of carbonyl (C=O) groups excluding carboxylic acids is 1. The average Bonchev–Trinajstić information content (AvgIpc) is 2.33. The summed E-state index contributed by atoms with van der Waals surface area (Å²) in [5.41, 5.74) is 1.43. The van der Waals surface area contributed by atoms with Crippen molar-refractivity contribution in [1.82, 2.24) is 10.2 Å². The number of nitrogens with one attached hydrogen (secondary N) is 1. The lowest BCUT2D eigenvalue weighted by atomic mass is 10.1. The zero-order chi connectivity index (χ0) is 12.3. The standard InChI is InChI=1S/C13H18N2O2/c1-10-2-3-12(16)11(8-10)13(17)9-15-6-4-14-5-7-15/h2-3,8,14,16H,4-7,9H2,1H3. The summed E-state index contributed by atoms with van der Waals surface area (Å²) >= 11 is 0. The Morgan fingerprint density at radius 3 is 2.82 bits per heavy atom. The summed E-state index contributed by atoms with van der Waals surface area (Å²) in [6.07, 6.45) is 0. The van der Waals surface area contributed by atoms with Gasteiger partial charge >= 0.3 is 0 Å². The van der Waals surface area contributed by atoms with Gasteiger partial charge in [0.05, 0.1) is 12.1 Å². The number of carbonyl (C=O) groups is 1. The number of aryl methyl sites for hydroxylation is 1. The third-order valence-corrected chi connectivity index (χ3v) is 3.03. The van der Waals surface area contributed by atoms with E-state index in [4.69, 9.17) is 0 Å². The van der Waals surface area contributed by atoms with Gasteiger partial charge in [0.2, 0.25) is 0 Å². The van der Waals surface area contributed by atoms with E-state index in [-0.39, 0.29) is 11.5 Å². The smallest absolute Gasteiger partial charge is 0.180 e. The fourth-order valence-corrected chi connectivity index (χ4v) is 2.03. The molecule has 4 nitrogen and oxygen atoms in total. The zero-order valence-corrected chi connectivity index (χ0v) is 10.1. The highest BCUT2D eigenvalue weighted by atomic mass is 16.3. The van der Waals surface area contributed by atoms with Gasteiger partial charge in [-0.1, -0.05) is 11.6 Å². The third kappa shape index (κ3) is 3.05. The molecular formula is C13H18N2O2. The molecule has 1 saturated heterocycles. The number of phenolic OH excluding ortho intramolecular Hbond substituents is 1. The number of hydrogen-bond donors (Lipinski definition) is 2. The molecule has 1 aromatic carbocycles. The van der Waals surface area contributed by atoms with Crippen LogP contribution in [-0.2, 0) is 0 Å². The van der Waals surface area contributed by atoms with Crippen LogP contribution in [0.5, 0.6) is 5.75 Å². The van der Waals surface area contributed by atoms with Gasteiger partial charge in [0.25, 0.3) is 0 Å². The molecule has 0 spiro atoms. The molecule has 1 heterocycles. The lowest BCUT2D eigenvalue weighted by Crippen LogP contribution is -2.45. The summed E-state index contributed by atoms with van der Waals surface area (Å²) in [5, 5.41) is 12.9. The monoisotopic (exact) mass is 234 g/mol. The molecule has 0 radical (unpaired) electrons. The molecule has 0 amide bonds. The van der Waals surface area contributed by atoms with Crippen LogP contribution in [0.1, 0.15) is 15.9 Å². The fourth-order valence-electron chi connectivity index (χ4n) is 2.03. The second kappa shape index (κ2) is 5.29. The molecule has 1 fully saturated rings. The largest absolute Gasteiger partial charge is 0.507 e. The van der Waals surface area contributed by atoms with Crippen molar-refractivity contribution in [3.05, 3.63) is 29.3 Å². The number of nitrogens with zero attached hydrogens (tertiary/aromatic N) is 1. The Kier molecular flexibility index (Phi) is 3.76. The molecule has 1 aromatic rings. The lowest BCUT2D eigenvalue weighted by Gasteiger charge is -2.26. The molecule has 92 valence electrons. The molecular weight excluding hydrogens is 216 g/mol. The van der Waals surface area contributed by atoms with E-state index in [2.05, 4.69) is 10.2 Å². The summed E-state index contributed by atoms with van der Waals surface area (Å²) in [5.74, 6) is 0.0730. The number of hydrogen-bond acceptors (Lipinski definition) is 4. The van der Waals surface area contributed by atoms with Gasteiger partial charge < -0.3 is 10.4 Å². The topological polar surface area (TPSA) is 52.6 Å². The summed E-state index contributed by atoms with van der Waals surface area (Å²) in [7, 11) is 0. The van der Waals surface area contributed by atoms with Crippen LogP contribution in [0.2, 0.25) is 0 Å². The molecule has 17 heavy (non-hydrogen) atoms. The molecule has 0 unspecified atom stereocenters. The predicted molar refractivity (Wildman–Crippen MR) is 66.5 cm³/mol. The highest BCUT2D eigenvalue weighted by Crippen LogP contribution is 2.19. The first-order valence-corrected chi connectivity index (χ1v) is 5.93. The summed E-state index contributed by atoms with van der Waals surface area (Å²) in [6.45, 7) is 5.93. The van der Waals surface area contributed by atoms with E-state index in [9.17, 15) is 9.90 Å². The van der Waals surface area contributed by atoms with Crippen LogP contribution < -0.4 is 5.32 Å². The lowest BCUT2D eigenvalue weighted by molar-refractivity contribution is 0.0919. The van der Waals surface area contributed by atoms with Crippen LogP contribution in [0, 0.1) is 6.92 Å². The average molecular weight is 234 g/mol. The zero-order valence-electron chi connectivity index (χ0n) is 10.1. The molecule has 0 aliphatic carbocycles. The van der Waals surface area contributed by atoms with Crippen molar-refractivity contribution in [2.75, 3.05) is 32.7 Å². The highest BCUT2D eigenvalue weighted by Gasteiger charge is 2.17. The minimum Gasteiger partial charge on any atom is -0.507 e. The first-order chi connectivity index (χ1) is 8.16. The second-order valence-corrected chi connectivity index (χ2v) is 4.47. The van der Waals surface area contributed by atoms with E-state index in [1.54, 1.807) is 18.2 Å². The van der Waals surface area contributed by atoms with Gasteiger partial charge in [-0.15, -0.1) is 0 Å². The SMILES string of the molecule is Cc1ccc(O)c(C(=O)CN2CCNCC2)c1. The predicted octanol–water partition coefficient (Wildman–Crippen LogP) is 0.789. The molecule has 0 aromatic heterocycles. The third-order valence-electron chi connectivity index (χ3n) is 3.03. The first-order valence-electron chi connectivity index (χ1n) is 5.93. The Bertz CT molecular complexity index is 412. The molecule has 2 N–H and O–H groups in total. The van der Waals surface area contributed by atoms with Crippen molar-refractivity contribution in [2.24, 2.45) is 0 Å². The Morgan fingerprint density at radius 1 is 1.41 bits per heavy atom. The van der Waals surface area contributed by atoms with Crippen molar-refractivity contribution >= 4 is 5.78 Å². The maximum Gasteiger partial charge on any atom is 0.180 e. The minimum atomic E-state index is -0.00639. The van der Waals surface area contributed by atoms with Crippen LogP contribution in [0.4, 0.5) is 0 Å². The van der Waals surface area contributed by atoms with Gasteiger partial charge in [0.15, 0.2) is 5.78 Å². The quantitative estimate of drug-likeness (QED) is 0.759. The van der Waals surface area contributed by atoms with Crippen molar-refractivity contribution in [1.29, 1.82) is 0 Å². The number of Topliss-reactive ketones (excluding diaryl/α,β-unsaturated/α-hetero) is 1. The molecule has 0 atom stereocenters. The van der Waals surface area contributed by atoms with Crippen LogP contribution in [0.25, 0.3) is 0 Å². The van der Waals surface area contributed by atoms with Crippen LogP contribution in [-0.4, -0.2) is 48.5 Å². The molecule has 2 rings (SSSR count). The van der Waals surface area contributed by atoms with E-state index < -0.39 is 0 Å². The number of benzene rings is 1. The summed E-state index contributed by atoms with van der Waals surface area (Å²) < 4.78 is 0. The minimum absolute atomic E-state index is 0.00639. The molecule has 1 aliphatic rings. The van der Waals surface area contributed by atoms with Crippen molar-refractivity contribution in [2.45, 2.75) is 6.92 Å². The molecule has 0 saturated carbocycles. The number of phenols is 1. The van der Waals surface area contributed by atoms with Crippen molar-refractivity contribution in [3.8, 4) is 5.75 Å². The Hall–Kier alpha value is -1.39. The molecule has 1 aliphatic heterocycles. The maximum absolute atomic E-state index is 12.1. The summed E-state index contributed by atoms with van der Waals surface area (Å²) in [4.78, 5) is 14.2. The summed E-state index contributed by atoms with van der Waals surface area (Å²) in [6, 6.07) is 5.14.